The maximum atomic E-state index is 12.1. The van der Waals surface area contributed by atoms with Crippen molar-refractivity contribution in [2.75, 3.05) is 11.9 Å². The van der Waals surface area contributed by atoms with Crippen LogP contribution in [-0.4, -0.2) is 23.3 Å². The first-order valence-electron chi connectivity index (χ1n) is 6.78. The van der Waals surface area contributed by atoms with Crippen molar-refractivity contribution in [1.82, 2.24) is 10.3 Å². The number of nitrogens with zero attached hydrogens (tertiary/aromatic N) is 1. The van der Waals surface area contributed by atoms with Gasteiger partial charge in [0.25, 0.3) is 0 Å². The molecule has 1 fully saturated rings. The monoisotopic (exact) mass is 279 g/mol. The molecule has 102 valence electrons. The van der Waals surface area contributed by atoms with Crippen LogP contribution in [0, 0.1) is 5.92 Å². The van der Waals surface area contributed by atoms with E-state index in [0.29, 0.717) is 24.5 Å². The van der Waals surface area contributed by atoms with E-state index in [9.17, 15) is 9.59 Å². The second-order valence-corrected chi connectivity index (χ2v) is 6.21. The minimum Gasteiger partial charge on any atom is -0.355 e. The number of hydrogen-bond acceptors (Lipinski definition) is 4. The molecule has 1 aromatic rings. The molecule has 0 saturated carbocycles. The highest BCUT2D eigenvalue weighted by atomic mass is 32.1. The van der Waals surface area contributed by atoms with Gasteiger partial charge in [0.2, 0.25) is 11.8 Å². The lowest BCUT2D eigenvalue weighted by Crippen LogP contribution is -2.40. The Bertz CT molecular complexity index is 478. The van der Waals surface area contributed by atoms with Gasteiger partial charge in [0.15, 0.2) is 5.13 Å². The Morgan fingerprint density at radius 3 is 2.89 bits per heavy atom. The van der Waals surface area contributed by atoms with E-state index in [4.69, 9.17) is 0 Å². The highest BCUT2D eigenvalue weighted by molar-refractivity contribution is 7.15. The van der Waals surface area contributed by atoms with Crippen LogP contribution >= 0.6 is 11.3 Å². The SMILES string of the molecule is O=C1CCC(C(=O)Nc2nc3c(s2)CCCC3)CN1. The molecular formula is C13H17N3O2S. The first-order chi connectivity index (χ1) is 9.22. The number of aryl methyl sites for hydroxylation is 2. The van der Waals surface area contributed by atoms with Crippen molar-refractivity contribution in [2.45, 2.75) is 38.5 Å². The number of amides is 2. The minimum atomic E-state index is -0.126. The highest BCUT2D eigenvalue weighted by Crippen LogP contribution is 2.30. The molecular weight excluding hydrogens is 262 g/mol. The third-order valence-electron chi connectivity index (χ3n) is 3.71. The van der Waals surface area contributed by atoms with Crippen molar-refractivity contribution < 1.29 is 9.59 Å². The largest absolute Gasteiger partial charge is 0.355 e. The van der Waals surface area contributed by atoms with Crippen LogP contribution in [0.25, 0.3) is 0 Å². The lowest BCUT2D eigenvalue weighted by atomic mass is 9.98. The second kappa shape index (κ2) is 5.28. The minimum absolute atomic E-state index is 0.0221. The molecule has 5 nitrogen and oxygen atoms in total. The number of rotatable bonds is 2. The van der Waals surface area contributed by atoms with Gasteiger partial charge < -0.3 is 10.6 Å². The molecule has 3 rings (SSSR count). The number of hydrogen-bond donors (Lipinski definition) is 2. The molecule has 1 saturated heterocycles. The van der Waals surface area contributed by atoms with Crippen LogP contribution in [0.3, 0.4) is 0 Å². The number of carbonyl (C=O) groups is 2. The van der Waals surface area contributed by atoms with E-state index in [1.54, 1.807) is 11.3 Å². The van der Waals surface area contributed by atoms with Gasteiger partial charge in [0.05, 0.1) is 11.6 Å². The Morgan fingerprint density at radius 1 is 1.32 bits per heavy atom. The van der Waals surface area contributed by atoms with E-state index in [1.165, 1.54) is 17.7 Å². The molecule has 2 amide bonds. The third-order valence-corrected chi connectivity index (χ3v) is 4.78. The Balaban J connectivity index is 1.63. The standard InChI is InChI=1S/C13H17N3O2S/c17-11-6-5-8(7-14-11)12(18)16-13-15-9-3-1-2-4-10(9)19-13/h8H,1-7H2,(H,14,17)(H,15,16,18). The summed E-state index contributed by atoms with van der Waals surface area (Å²) in [7, 11) is 0. The van der Waals surface area contributed by atoms with Gasteiger partial charge in [-0.25, -0.2) is 4.98 Å². The first-order valence-corrected chi connectivity index (χ1v) is 7.60. The van der Waals surface area contributed by atoms with Crippen LogP contribution in [0.4, 0.5) is 5.13 Å². The number of piperidine rings is 1. The summed E-state index contributed by atoms with van der Waals surface area (Å²) in [5.74, 6) is -0.113. The molecule has 2 heterocycles. The molecule has 0 radical (unpaired) electrons. The zero-order valence-corrected chi connectivity index (χ0v) is 11.5. The maximum Gasteiger partial charge on any atom is 0.231 e. The fourth-order valence-corrected chi connectivity index (χ4v) is 3.62. The highest BCUT2D eigenvalue weighted by Gasteiger charge is 2.25. The predicted molar refractivity (Wildman–Crippen MR) is 73.1 cm³/mol. The lowest BCUT2D eigenvalue weighted by molar-refractivity contribution is -0.126. The van der Waals surface area contributed by atoms with Gasteiger partial charge in [-0.3, -0.25) is 9.59 Å². The molecule has 1 aliphatic heterocycles. The van der Waals surface area contributed by atoms with Gasteiger partial charge in [0.1, 0.15) is 0 Å². The van der Waals surface area contributed by atoms with Crippen molar-refractivity contribution in [1.29, 1.82) is 0 Å². The summed E-state index contributed by atoms with van der Waals surface area (Å²) in [6.45, 7) is 0.440. The molecule has 1 unspecified atom stereocenters. The normalized spacial score (nSPS) is 22.5. The smallest absolute Gasteiger partial charge is 0.231 e. The van der Waals surface area contributed by atoms with Crippen LogP contribution in [0.5, 0.6) is 0 Å². The van der Waals surface area contributed by atoms with Crippen LogP contribution in [0.2, 0.25) is 0 Å². The van der Waals surface area contributed by atoms with E-state index < -0.39 is 0 Å². The molecule has 1 atom stereocenters. The van der Waals surface area contributed by atoms with Gasteiger partial charge in [0, 0.05) is 17.8 Å². The molecule has 1 aliphatic carbocycles. The summed E-state index contributed by atoms with van der Waals surface area (Å²) in [5.41, 5.74) is 1.16. The first kappa shape index (κ1) is 12.6. The fourth-order valence-electron chi connectivity index (χ4n) is 2.57. The summed E-state index contributed by atoms with van der Waals surface area (Å²) >= 11 is 1.60. The van der Waals surface area contributed by atoms with Crippen LogP contribution < -0.4 is 10.6 Å². The van der Waals surface area contributed by atoms with Crippen molar-refractivity contribution in [3.63, 3.8) is 0 Å². The number of carbonyl (C=O) groups excluding carboxylic acids is 2. The van der Waals surface area contributed by atoms with Crippen molar-refractivity contribution in [3.05, 3.63) is 10.6 Å². The van der Waals surface area contributed by atoms with E-state index in [1.807, 2.05) is 0 Å². The number of thiazole rings is 1. The molecule has 0 bridgehead atoms. The van der Waals surface area contributed by atoms with Crippen molar-refractivity contribution in [2.24, 2.45) is 5.92 Å². The van der Waals surface area contributed by atoms with Gasteiger partial charge in [-0.2, -0.15) is 0 Å². The Morgan fingerprint density at radius 2 is 2.16 bits per heavy atom. The van der Waals surface area contributed by atoms with Crippen molar-refractivity contribution >= 4 is 28.3 Å². The number of nitrogens with one attached hydrogen (secondary N) is 2. The average molecular weight is 279 g/mol. The summed E-state index contributed by atoms with van der Waals surface area (Å²) < 4.78 is 0. The van der Waals surface area contributed by atoms with Crippen molar-refractivity contribution in [3.8, 4) is 0 Å². The fraction of sp³-hybridized carbons (Fsp3) is 0.615. The van der Waals surface area contributed by atoms with Crippen LogP contribution in [0.15, 0.2) is 0 Å². The van der Waals surface area contributed by atoms with Gasteiger partial charge >= 0.3 is 0 Å². The average Bonchev–Trinajstić information content (AvgIpc) is 2.81. The van der Waals surface area contributed by atoms with Crippen LogP contribution in [0.1, 0.15) is 36.3 Å². The molecule has 1 aromatic heterocycles. The maximum absolute atomic E-state index is 12.1. The third kappa shape index (κ3) is 2.78. The number of anilines is 1. The van der Waals surface area contributed by atoms with Crippen LogP contribution in [-0.2, 0) is 22.4 Å². The molecule has 19 heavy (non-hydrogen) atoms. The molecule has 2 aliphatic rings. The summed E-state index contributed by atoms with van der Waals surface area (Å²) in [6, 6.07) is 0. The summed E-state index contributed by atoms with van der Waals surface area (Å²) in [5, 5.41) is 6.35. The second-order valence-electron chi connectivity index (χ2n) is 5.12. The predicted octanol–water partition coefficient (Wildman–Crippen LogP) is 1.49. The summed E-state index contributed by atoms with van der Waals surface area (Å²) in [4.78, 5) is 29.0. The molecule has 0 aromatic carbocycles. The Labute approximate surface area is 115 Å². The van der Waals surface area contributed by atoms with E-state index in [0.717, 1.165) is 18.5 Å². The molecule has 0 spiro atoms. The van der Waals surface area contributed by atoms with Gasteiger partial charge in [-0.15, -0.1) is 11.3 Å². The molecule has 2 N–H and O–H groups in total. The van der Waals surface area contributed by atoms with Gasteiger partial charge in [-0.05, 0) is 32.1 Å². The van der Waals surface area contributed by atoms with E-state index in [2.05, 4.69) is 15.6 Å². The zero-order chi connectivity index (χ0) is 13.2. The Hall–Kier alpha value is -1.43. The number of aromatic nitrogens is 1. The molecule has 6 heteroatoms. The van der Waals surface area contributed by atoms with Gasteiger partial charge in [-0.1, -0.05) is 0 Å². The topological polar surface area (TPSA) is 71.1 Å². The quantitative estimate of drug-likeness (QED) is 0.861. The van der Waals surface area contributed by atoms with E-state index >= 15 is 0 Å². The summed E-state index contributed by atoms with van der Waals surface area (Å²) in [6.07, 6.45) is 5.59. The zero-order valence-electron chi connectivity index (χ0n) is 10.7. The number of fused-ring (bicyclic) bond motifs is 1. The lowest BCUT2D eigenvalue weighted by Gasteiger charge is -2.20. The van der Waals surface area contributed by atoms with E-state index in [-0.39, 0.29) is 17.7 Å². The Kier molecular flexibility index (Phi) is 3.50.